The van der Waals surface area contributed by atoms with E-state index in [9.17, 15) is 9.90 Å². The molecule has 3 heteroatoms. The second kappa shape index (κ2) is 6.36. The first-order chi connectivity index (χ1) is 11.5. The van der Waals surface area contributed by atoms with Gasteiger partial charge in [0, 0.05) is 0 Å². The summed E-state index contributed by atoms with van der Waals surface area (Å²) < 4.78 is 5.82. The maximum absolute atomic E-state index is 13.1. The highest BCUT2D eigenvalue weighted by Crippen LogP contribution is 2.37. The lowest BCUT2D eigenvalue weighted by atomic mass is 9.77. The maximum Gasteiger partial charge on any atom is 0.178 e. The van der Waals surface area contributed by atoms with Gasteiger partial charge < -0.3 is 9.84 Å². The van der Waals surface area contributed by atoms with Crippen molar-refractivity contribution in [3.63, 3.8) is 0 Å². The number of ether oxygens (including phenoxy) is 1. The number of aliphatic hydroxyl groups is 1. The molecule has 0 saturated carbocycles. The highest BCUT2D eigenvalue weighted by atomic mass is 16.5. The molecule has 1 aromatic rings. The molecule has 1 heterocycles. The highest BCUT2D eigenvalue weighted by Gasteiger charge is 2.38. The van der Waals surface area contributed by atoms with E-state index in [0.717, 1.165) is 16.7 Å². The van der Waals surface area contributed by atoms with Gasteiger partial charge in [-0.05, 0) is 42.2 Å². The van der Waals surface area contributed by atoms with Crippen molar-refractivity contribution < 1.29 is 14.6 Å². The van der Waals surface area contributed by atoms with Gasteiger partial charge >= 0.3 is 0 Å². The molecule has 1 N–H and O–H groups in total. The van der Waals surface area contributed by atoms with E-state index in [4.69, 9.17) is 4.74 Å². The van der Waals surface area contributed by atoms with Crippen LogP contribution in [0.5, 0.6) is 0 Å². The summed E-state index contributed by atoms with van der Waals surface area (Å²) in [4.78, 5) is 13.1. The molecule has 1 aromatic carbocycles. The smallest absolute Gasteiger partial charge is 0.178 e. The molecule has 24 heavy (non-hydrogen) atoms. The summed E-state index contributed by atoms with van der Waals surface area (Å²) in [5, 5.41) is 9.60. The minimum atomic E-state index is -0.412. The molecule has 0 spiro atoms. The van der Waals surface area contributed by atoms with Crippen LogP contribution < -0.4 is 0 Å². The molecule has 122 valence electrons. The van der Waals surface area contributed by atoms with Gasteiger partial charge in [-0.2, -0.15) is 0 Å². The molecule has 0 fully saturated rings. The lowest BCUT2D eigenvalue weighted by molar-refractivity contribution is -0.119. The SMILES string of the molecule is C=C(O)/C(C)=C\C1=C(C)C=CC2OC=C(c3ccccc3)C(=O)C12. The van der Waals surface area contributed by atoms with Gasteiger partial charge in [0.05, 0.1) is 17.8 Å². The maximum atomic E-state index is 13.1. The highest BCUT2D eigenvalue weighted by molar-refractivity contribution is 6.23. The number of benzene rings is 1. The second-order valence-electron chi connectivity index (χ2n) is 6.11. The molecular weight excluding hydrogens is 300 g/mol. The fraction of sp³-hybridized carbons (Fsp3) is 0.190. The van der Waals surface area contributed by atoms with Crippen LogP contribution in [0, 0.1) is 5.92 Å². The normalized spacial score (nSPS) is 23.5. The van der Waals surface area contributed by atoms with Crippen molar-refractivity contribution in [2.24, 2.45) is 5.92 Å². The standard InChI is InChI=1S/C21H20O3/c1-13-9-10-19-20(17(13)11-14(2)15(3)22)21(23)18(12-24-19)16-7-5-4-6-8-16/h4-12,19-20,22H,3H2,1-2H3/b14-11-. The summed E-state index contributed by atoms with van der Waals surface area (Å²) in [6.45, 7) is 7.28. The Kier molecular flexibility index (Phi) is 4.26. The summed E-state index contributed by atoms with van der Waals surface area (Å²) in [6, 6.07) is 9.52. The van der Waals surface area contributed by atoms with Crippen LogP contribution in [0.25, 0.3) is 5.57 Å². The third-order valence-corrected chi connectivity index (χ3v) is 4.46. The number of allylic oxidation sites excluding steroid dienone is 5. The van der Waals surface area contributed by atoms with Crippen LogP contribution in [0.15, 0.2) is 83.9 Å². The summed E-state index contributed by atoms with van der Waals surface area (Å²) in [7, 11) is 0. The van der Waals surface area contributed by atoms with E-state index in [1.165, 1.54) is 0 Å². The molecule has 2 atom stereocenters. The van der Waals surface area contributed by atoms with E-state index >= 15 is 0 Å². The predicted octanol–water partition coefficient (Wildman–Crippen LogP) is 4.52. The summed E-state index contributed by atoms with van der Waals surface area (Å²) in [5.74, 6) is -0.377. The number of aliphatic hydroxyl groups excluding tert-OH is 1. The number of ketones is 1. The third-order valence-electron chi connectivity index (χ3n) is 4.46. The van der Waals surface area contributed by atoms with Crippen LogP contribution >= 0.6 is 0 Å². The van der Waals surface area contributed by atoms with Gasteiger partial charge in [0.1, 0.15) is 11.9 Å². The molecule has 0 amide bonds. The van der Waals surface area contributed by atoms with Crippen molar-refractivity contribution in [1.82, 2.24) is 0 Å². The summed E-state index contributed by atoms with van der Waals surface area (Å²) in [6.07, 6.45) is 6.93. The number of carbonyl (C=O) groups is 1. The van der Waals surface area contributed by atoms with Gasteiger partial charge in [-0.3, -0.25) is 4.79 Å². The molecule has 0 bridgehead atoms. The van der Waals surface area contributed by atoms with Gasteiger partial charge in [0.2, 0.25) is 0 Å². The summed E-state index contributed by atoms with van der Waals surface area (Å²) in [5.41, 5.74) is 3.91. The van der Waals surface area contributed by atoms with Crippen molar-refractivity contribution in [2.75, 3.05) is 0 Å². The van der Waals surface area contributed by atoms with E-state index in [2.05, 4.69) is 6.58 Å². The number of hydrogen-bond donors (Lipinski definition) is 1. The zero-order valence-corrected chi connectivity index (χ0v) is 13.8. The monoisotopic (exact) mass is 320 g/mol. The Bertz CT molecular complexity index is 807. The third kappa shape index (κ3) is 2.85. The van der Waals surface area contributed by atoms with Gasteiger partial charge in [-0.15, -0.1) is 0 Å². The zero-order chi connectivity index (χ0) is 17.3. The van der Waals surface area contributed by atoms with Gasteiger partial charge in [-0.25, -0.2) is 0 Å². The Morgan fingerprint density at radius 1 is 1.29 bits per heavy atom. The largest absolute Gasteiger partial charge is 0.508 e. The number of carbonyl (C=O) groups excluding carboxylic acids is 1. The van der Waals surface area contributed by atoms with E-state index < -0.39 is 5.92 Å². The lowest BCUT2D eigenvalue weighted by Gasteiger charge is -2.33. The van der Waals surface area contributed by atoms with Crippen LogP contribution in [-0.4, -0.2) is 17.0 Å². The number of fused-ring (bicyclic) bond motifs is 1. The average Bonchev–Trinajstić information content (AvgIpc) is 2.58. The van der Waals surface area contributed by atoms with Crippen LogP contribution in [0.3, 0.4) is 0 Å². The molecule has 2 unspecified atom stereocenters. The molecule has 3 nitrogen and oxygen atoms in total. The molecule has 1 aliphatic carbocycles. The van der Waals surface area contributed by atoms with E-state index in [0.29, 0.717) is 11.1 Å². The Balaban J connectivity index is 2.04. The quantitative estimate of drug-likeness (QED) is 0.658. The van der Waals surface area contributed by atoms with Crippen LogP contribution in [0.1, 0.15) is 19.4 Å². The molecular formula is C21H20O3. The Morgan fingerprint density at radius 2 is 2.00 bits per heavy atom. The van der Waals surface area contributed by atoms with Crippen molar-refractivity contribution in [2.45, 2.75) is 20.0 Å². The van der Waals surface area contributed by atoms with E-state index in [1.54, 1.807) is 13.2 Å². The van der Waals surface area contributed by atoms with Gasteiger partial charge in [0.15, 0.2) is 5.78 Å². The fourth-order valence-electron chi connectivity index (χ4n) is 3.00. The van der Waals surface area contributed by atoms with E-state index in [1.807, 2.05) is 55.5 Å². The van der Waals surface area contributed by atoms with E-state index in [-0.39, 0.29) is 17.6 Å². The Hall–Kier alpha value is -2.81. The molecule has 1 aliphatic heterocycles. The second-order valence-corrected chi connectivity index (χ2v) is 6.11. The van der Waals surface area contributed by atoms with Crippen molar-refractivity contribution >= 4 is 11.4 Å². The average molecular weight is 320 g/mol. The first-order valence-corrected chi connectivity index (χ1v) is 7.90. The first kappa shape index (κ1) is 16.1. The molecule has 3 rings (SSSR count). The van der Waals surface area contributed by atoms with Crippen LogP contribution in [-0.2, 0) is 9.53 Å². The fourth-order valence-corrected chi connectivity index (χ4v) is 3.00. The predicted molar refractivity (Wildman–Crippen MR) is 95.2 cm³/mol. The minimum Gasteiger partial charge on any atom is -0.508 e. The number of Topliss-reactive ketones (excluding diaryl/α,β-unsaturated/α-hetero) is 1. The Morgan fingerprint density at radius 3 is 2.67 bits per heavy atom. The lowest BCUT2D eigenvalue weighted by Crippen LogP contribution is -2.35. The molecule has 2 aliphatic rings. The molecule has 0 saturated heterocycles. The summed E-state index contributed by atoms with van der Waals surface area (Å²) >= 11 is 0. The topological polar surface area (TPSA) is 46.5 Å². The minimum absolute atomic E-state index is 0.00408. The van der Waals surface area contributed by atoms with Gasteiger partial charge in [0.25, 0.3) is 0 Å². The van der Waals surface area contributed by atoms with Crippen molar-refractivity contribution in [3.8, 4) is 0 Å². The van der Waals surface area contributed by atoms with Crippen molar-refractivity contribution in [3.05, 3.63) is 89.4 Å². The molecule has 0 radical (unpaired) electrons. The van der Waals surface area contributed by atoms with Crippen LogP contribution in [0.4, 0.5) is 0 Å². The first-order valence-electron chi connectivity index (χ1n) is 7.90. The molecule has 0 aromatic heterocycles. The van der Waals surface area contributed by atoms with Gasteiger partial charge in [-0.1, -0.05) is 49.1 Å². The van der Waals surface area contributed by atoms with Crippen LogP contribution in [0.2, 0.25) is 0 Å². The van der Waals surface area contributed by atoms with Crippen molar-refractivity contribution in [1.29, 1.82) is 0 Å². The Labute approximate surface area is 142 Å². The zero-order valence-electron chi connectivity index (χ0n) is 13.8. The number of rotatable bonds is 3. The number of hydrogen-bond acceptors (Lipinski definition) is 3.